The summed E-state index contributed by atoms with van der Waals surface area (Å²) in [6, 6.07) is 11.2. The normalized spacial score (nSPS) is 10.7. The molecule has 1 aromatic carbocycles. The van der Waals surface area contributed by atoms with Crippen LogP contribution in [0, 0.1) is 5.92 Å². The van der Waals surface area contributed by atoms with Crippen LogP contribution in [0.1, 0.15) is 36.2 Å². The largest absolute Gasteiger partial charge is 0.370 e. The maximum absolute atomic E-state index is 12.2. The molecule has 1 aromatic heterocycles. The van der Waals surface area contributed by atoms with Crippen LogP contribution in [0.25, 0.3) is 0 Å². The molecule has 2 aromatic rings. The second kappa shape index (κ2) is 9.28. The number of hydrogen-bond donors (Lipinski definition) is 2. The van der Waals surface area contributed by atoms with Gasteiger partial charge in [-0.1, -0.05) is 37.6 Å². The van der Waals surface area contributed by atoms with E-state index >= 15 is 0 Å². The molecule has 1 amide bonds. The summed E-state index contributed by atoms with van der Waals surface area (Å²) >= 11 is 5.96. The number of nitrogens with zero attached hydrogens (tertiary/aromatic N) is 1. The second-order valence-corrected chi connectivity index (χ2v) is 6.61. The highest BCUT2D eigenvalue weighted by molar-refractivity contribution is 6.30. The number of halogens is 1. The standard InChI is InChI=1S/C19H24ClN3O/c1-14(2)6-9-21-18-13-16(8-11-22-18)19(24)23-10-7-15-4-3-5-17(20)12-15/h3-5,8,11-14H,6-7,9-10H2,1-2H3,(H,21,22)(H,23,24). The molecule has 128 valence electrons. The van der Waals surface area contributed by atoms with Crippen molar-refractivity contribution in [3.05, 3.63) is 58.7 Å². The van der Waals surface area contributed by atoms with Gasteiger partial charge < -0.3 is 10.6 Å². The van der Waals surface area contributed by atoms with Gasteiger partial charge in [0.2, 0.25) is 0 Å². The SMILES string of the molecule is CC(C)CCNc1cc(C(=O)NCCc2cccc(Cl)c2)ccn1. The summed E-state index contributed by atoms with van der Waals surface area (Å²) in [7, 11) is 0. The van der Waals surface area contributed by atoms with Crippen molar-refractivity contribution in [2.75, 3.05) is 18.4 Å². The molecule has 24 heavy (non-hydrogen) atoms. The average molecular weight is 346 g/mol. The van der Waals surface area contributed by atoms with Crippen LogP contribution in [-0.2, 0) is 6.42 Å². The predicted octanol–water partition coefficient (Wildman–Crippen LogP) is 4.17. The number of aromatic nitrogens is 1. The van der Waals surface area contributed by atoms with E-state index < -0.39 is 0 Å². The van der Waals surface area contributed by atoms with Crippen LogP contribution < -0.4 is 10.6 Å². The minimum atomic E-state index is -0.0914. The Morgan fingerprint density at radius 2 is 2.04 bits per heavy atom. The molecule has 0 fully saturated rings. The van der Waals surface area contributed by atoms with E-state index in [1.807, 2.05) is 24.3 Å². The summed E-state index contributed by atoms with van der Waals surface area (Å²) in [4.78, 5) is 16.5. The second-order valence-electron chi connectivity index (χ2n) is 6.17. The molecule has 0 spiro atoms. The lowest BCUT2D eigenvalue weighted by Crippen LogP contribution is -2.25. The first-order valence-electron chi connectivity index (χ1n) is 8.27. The predicted molar refractivity (Wildman–Crippen MR) is 99.7 cm³/mol. The summed E-state index contributed by atoms with van der Waals surface area (Å²) in [5.41, 5.74) is 1.72. The number of amides is 1. The lowest BCUT2D eigenvalue weighted by Gasteiger charge is -2.09. The van der Waals surface area contributed by atoms with Crippen LogP contribution in [0.3, 0.4) is 0 Å². The summed E-state index contributed by atoms with van der Waals surface area (Å²) < 4.78 is 0. The van der Waals surface area contributed by atoms with E-state index in [1.54, 1.807) is 18.3 Å². The Bertz CT molecular complexity index is 673. The Balaban J connectivity index is 1.83. The molecular formula is C19H24ClN3O. The van der Waals surface area contributed by atoms with Crippen molar-refractivity contribution in [3.63, 3.8) is 0 Å². The minimum Gasteiger partial charge on any atom is -0.370 e. The Kier molecular flexibility index (Phi) is 7.07. The number of carbonyl (C=O) groups is 1. The van der Waals surface area contributed by atoms with Crippen molar-refractivity contribution in [2.24, 2.45) is 5.92 Å². The van der Waals surface area contributed by atoms with Gasteiger partial charge in [0.1, 0.15) is 5.82 Å². The first-order chi connectivity index (χ1) is 11.5. The van der Waals surface area contributed by atoms with Crippen LogP contribution in [-0.4, -0.2) is 24.0 Å². The molecule has 0 aliphatic heterocycles. The van der Waals surface area contributed by atoms with Crippen molar-refractivity contribution >= 4 is 23.3 Å². The molecule has 0 bridgehead atoms. The Labute approximate surface area is 148 Å². The summed E-state index contributed by atoms with van der Waals surface area (Å²) in [5.74, 6) is 1.28. The van der Waals surface area contributed by atoms with Crippen LogP contribution in [0.2, 0.25) is 5.02 Å². The van der Waals surface area contributed by atoms with E-state index in [9.17, 15) is 4.79 Å². The van der Waals surface area contributed by atoms with Crippen molar-refractivity contribution < 1.29 is 4.79 Å². The van der Waals surface area contributed by atoms with E-state index in [1.165, 1.54) is 0 Å². The number of benzene rings is 1. The number of hydrogen-bond acceptors (Lipinski definition) is 3. The van der Waals surface area contributed by atoms with Crippen LogP contribution in [0.5, 0.6) is 0 Å². The zero-order chi connectivity index (χ0) is 17.4. The minimum absolute atomic E-state index is 0.0914. The molecular weight excluding hydrogens is 322 g/mol. The molecule has 0 aliphatic carbocycles. The monoisotopic (exact) mass is 345 g/mol. The van der Waals surface area contributed by atoms with Crippen molar-refractivity contribution in [1.29, 1.82) is 0 Å². The van der Waals surface area contributed by atoms with E-state index in [2.05, 4.69) is 29.5 Å². The zero-order valence-corrected chi connectivity index (χ0v) is 14.9. The summed E-state index contributed by atoms with van der Waals surface area (Å²) in [6.07, 6.45) is 3.47. The smallest absolute Gasteiger partial charge is 0.251 e. The molecule has 2 rings (SSSR count). The van der Waals surface area contributed by atoms with Gasteiger partial charge >= 0.3 is 0 Å². The molecule has 0 radical (unpaired) electrons. The van der Waals surface area contributed by atoms with Crippen molar-refractivity contribution in [2.45, 2.75) is 26.7 Å². The lowest BCUT2D eigenvalue weighted by atomic mass is 10.1. The maximum Gasteiger partial charge on any atom is 0.251 e. The molecule has 4 nitrogen and oxygen atoms in total. The van der Waals surface area contributed by atoms with Gasteiger partial charge in [0.25, 0.3) is 5.91 Å². The highest BCUT2D eigenvalue weighted by Crippen LogP contribution is 2.11. The van der Waals surface area contributed by atoms with Gasteiger partial charge in [-0.2, -0.15) is 0 Å². The third-order valence-corrected chi connectivity index (χ3v) is 3.87. The average Bonchev–Trinajstić information content (AvgIpc) is 2.55. The molecule has 2 N–H and O–H groups in total. The number of nitrogens with one attached hydrogen (secondary N) is 2. The third-order valence-electron chi connectivity index (χ3n) is 3.64. The fourth-order valence-corrected chi connectivity index (χ4v) is 2.49. The van der Waals surface area contributed by atoms with Crippen LogP contribution in [0.15, 0.2) is 42.6 Å². The number of carbonyl (C=O) groups excluding carboxylic acids is 1. The Hall–Kier alpha value is -2.07. The quantitative estimate of drug-likeness (QED) is 0.755. The third kappa shape index (κ3) is 6.20. The van der Waals surface area contributed by atoms with E-state index in [0.29, 0.717) is 23.0 Å². The van der Waals surface area contributed by atoms with Crippen molar-refractivity contribution in [1.82, 2.24) is 10.3 Å². The van der Waals surface area contributed by atoms with E-state index in [0.717, 1.165) is 30.8 Å². The van der Waals surface area contributed by atoms with Gasteiger partial charge in [-0.25, -0.2) is 4.98 Å². The molecule has 0 unspecified atom stereocenters. The van der Waals surface area contributed by atoms with Crippen LogP contribution >= 0.6 is 11.6 Å². The molecule has 0 saturated heterocycles. The van der Waals surface area contributed by atoms with E-state index in [4.69, 9.17) is 11.6 Å². The number of rotatable bonds is 8. The highest BCUT2D eigenvalue weighted by atomic mass is 35.5. The molecule has 0 saturated carbocycles. The topological polar surface area (TPSA) is 54.0 Å². The van der Waals surface area contributed by atoms with Gasteiger partial charge in [0, 0.05) is 29.9 Å². The zero-order valence-electron chi connectivity index (χ0n) is 14.2. The van der Waals surface area contributed by atoms with Gasteiger partial charge in [-0.15, -0.1) is 0 Å². The highest BCUT2D eigenvalue weighted by Gasteiger charge is 2.07. The molecule has 0 aliphatic rings. The molecule has 5 heteroatoms. The summed E-state index contributed by atoms with van der Waals surface area (Å²) in [6.45, 7) is 5.78. The lowest BCUT2D eigenvalue weighted by molar-refractivity contribution is 0.0954. The molecule has 1 heterocycles. The number of pyridine rings is 1. The van der Waals surface area contributed by atoms with E-state index in [-0.39, 0.29) is 5.91 Å². The number of anilines is 1. The fraction of sp³-hybridized carbons (Fsp3) is 0.368. The van der Waals surface area contributed by atoms with Gasteiger partial charge in [-0.05, 0) is 48.6 Å². The van der Waals surface area contributed by atoms with Gasteiger partial charge in [0.15, 0.2) is 0 Å². The first-order valence-corrected chi connectivity index (χ1v) is 8.65. The molecule has 0 atom stereocenters. The summed E-state index contributed by atoms with van der Waals surface area (Å²) in [5, 5.41) is 6.90. The Morgan fingerprint density at radius 3 is 2.79 bits per heavy atom. The van der Waals surface area contributed by atoms with Crippen LogP contribution in [0.4, 0.5) is 5.82 Å². The van der Waals surface area contributed by atoms with Gasteiger partial charge in [-0.3, -0.25) is 4.79 Å². The van der Waals surface area contributed by atoms with Crippen molar-refractivity contribution in [3.8, 4) is 0 Å². The van der Waals surface area contributed by atoms with Gasteiger partial charge in [0.05, 0.1) is 0 Å². The first kappa shape index (κ1) is 18.3. The Morgan fingerprint density at radius 1 is 1.21 bits per heavy atom. The fourth-order valence-electron chi connectivity index (χ4n) is 2.27. The maximum atomic E-state index is 12.2.